The third kappa shape index (κ3) is 5.96. The minimum Gasteiger partial charge on any atom is -0.493 e. The highest BCUT2D eigenvalue weighted by molar-refractivity contribution is 8.02. The summed E-state index contributed by atoms with van der Waals surface area (Å²) in [6.07, 6.45) is 7.00. The zero-order valence-electron chi connectivity index (χ0n) is 13.7. The number of halogens is 1. The second-order valence-corrected chi connectivity index (χ2v) is 6.02. The number of ether oxygens (including phenoxy) is 1. The number of thioether (sulfide) groups is 1. The normalized spacial score (nSPS) is 11.1. The summed E-state index contributed by atoms with van der Waals surface area (Å²) in [5.41, 5.74) is 2.19. The number of nitrogens with zero attached hydrogens (tertiary/aromatic N) is 1. The van der Waals surface area contributed by atoms with Crippen LogP contribution in [-0.2, 0) is 0 Å². The van der Waals surface area contributed by atoms with Crippen LogP contribution in [0.4, 0.5) is 0 Å². The van der Waals surface area contributed by atoms with Crippen molar-refractivity contribution < 1.29 is 4.74 Å². The highest BCUT2D eigenvalue weighted by atomic mass is 35.5. The maximum Gasteiger partial charge on any atom is 0.138 e. The average Bonchev–Trinajstić information content (AvgIpc) is 3.07. The molecule has 126 valence electrons. The maximum absolute atomic E-state index is 5.97. The van der Waals surface area contributed by atoms with Gasteiger partial charge in [-0.15, -0.1) is 24.2 Å². The van der Waals surface area contributed by atoms with E-state index in [-0.39, 0.29) is 12.4 Å². The lowest BCUT2D eigenvalue weighted by Gasteiger charge is -2.13. The Labute approximate surface area is 149 Å². The van der Waals surface area contributed by atoms with Crippen LogP contribution in [-0.4, -0.2) is 22.3 Å². The summed E-state index contributed by atoms with van der Waals surface area (Å²) in [6, 6.07) is 8.20. The van der Waals surface area contributed by atoms with Crippen molar-refractivity contribution >= 4 is 29.7 Å². The fourth-order valence-corrected chi connectivity index (χ4v) is 2.82. The Morgan fingerprint density at radius 3 is 2.78 bits per heavy atom. The van der Waals surface area contributed by atoms with Crippen molar-refractivity contribution in [1.82, 2.24) is 9.97 Å². The van der Waals surface area contributed by atoms with Gasteiger partial charge in [0.1, 0.15) is 11.6 Å². The van der Waals surface area contributed by atoms with Crippen molar-refractivity contribution in [2.24, 2.45) is 0 Å². The quantitative estimate of drug-likeness (QED) is 0.602. The number of para-hydroxylation sites is 1. The van der Waals surface area contributed by atoms with Gasteiger partial charge in [0, 0.05) is 23.5 Å². The number of rotatable bonds is 9. The van der Waals surface area contributed by atoms with Crippen LogP contribution in [0.15, 0.2) is 42.1 Å². The standard InChI is InChI=1S/C18H24N2OS.ClH/c1-3-5-12-21-17-9-7-6-8-15(17)16(14-22-13-4-2)18-19-10-11-20-18;/h6-11,14H,3-5,12-13H2,1-2H3,(H,19,20);1H. The lowest BCUT2D eigenvalue weighted by Crippen LogP contribution is -2.00. The van der Waals surface area contributed by atoms with E-state index in [4.69, 9.17) is 4.74 Å². The summed E-state index contributed by atoms with van der Waals surface area (Å²) in [4.78, 5) is 7.63. The van der Waals surface area contributed by atoms with E-state index in [0.29, 0.717) is 0 Å². The number of benzene rings is 1. The van der Waals surface area contributed by atoms with E-state index in [1.165, 1.54) is 0 Å². The van der Waals surface area contributed by atoms with Crippen LogP contribution in [0.1, 0.15) is 44.5 Å². The molecule has 0 fully saturated rings. The summed E-state index contributed by atoms with van der Waals surface area (Å²) in [5.74, 6) is 2.91. The zero-order chi connectivity index (χ0) is 15.6. The molecule has 5 heteroatoms. The van der Waals surface area contributed by atoms with Gasteiger partial charge in [0.05, 0.1) is 6.61 Å². The van der Waals surface area contributed by atoms with Crippen molar-refractivity contribution in [1.29, 1.82) is 0 Å². The second-order valence-electron chi connectivity index (χ2n) is 5.04. The number of H-pyrrole nitrogens is 1. The van der Waals surface area contributed by atoms with E-state index in [2.05, 4.69) is 35.3 Å². The summed E-state index contributed by atoms with van der Waals surface area (Å²) in [7, 11) is 0. The van der Waals surface area contributed by atoms with Gasteiger partial charge in [0.15, 0.2) is 0 Å². The summed E-state index contributed by atoms with van der Waals surface area (Å²) in [5, 5.41) is 2.18. The van der Waals surface area contributed by atoms with Crippen molar-refractivity contribution in [2.75, 3.05) is 12.4 Å². The molecule has 0 radical (unpaired) electrons. The van der Waals surface area contributed by atoms with E-state index < -0.39 is 0 Å². The molecule has 0 aliphatic rings. The first-order chi connectivity index (χ1) is 10.9. The Hall–Kier alpha value is -1.39. The van der Waals surface area contributed by atoms with Gasteiger partial charge in [0.2, 0.25) is 0 Å². The molecule has 0 saturated carbocycles. The lowest BCUT2D eigenvalue weighted by atomic mass is 10.1. The molecule has 0 amide bonds. The number of aromatic nitrogens is 2. The first kappa shape index (κ1) is 19.7. The van der Waals surface area contributed by atoms with Crippen molar-refractivity contribution in [3.63, 3.8) is 0 Å². The van der Waals surface area contributed by atoms with E-state index in [9.17, 15) is 0 Å². The minimum absolute atomic E-state index is 0. The van der Waals surface area contributed by atoms with Crippen LogP contribution < -0.4 is 4.74 Å². The molecule has 3 nitrogen and oxygen atoms in total. The Kier molecular flexibility index (Phi) is 9.57. The molecule has 0 spiro atoms. The number of nitrogens with one attached hydrogen (secondary N) is 1. The monoisotopic (exact) mass is 352 g/mol. The summed E-state index contributed by atoms with van der Waals surface area (Å²) >= 11 is 1.81. The summed E-state index contributed by atoms with van der Waals surface area (Å²) in [6.45, 7) is 5.11. The number of aromatic amines is 1. The number of imidazole rings is 1. The van der Waals surface area contributed by atoms with Crippen molar-refractivity contribution in [2.45, 2.75) is 33.1 Å². The third-order valence-corrected chi connectivity index (χ3v) is 4.26. The predicted molar refractivity (Wildman–Crippen MR) is 103 cm³/mol. The van der Waals surface area contributed by atoms with Crippen LogP contribution in [0.2, 0.25) is 0 Å². The molecule has 0 saturated heterocycles. The van der Waals surface area contributed by atoms with Gasteiger partial charge >= 0.3 is 0 Å². The molecular weight excluding hydrogens is 328 g/mol. The zero-order valence-corrected chi connectivity index (χ0v) is 15.4. The first-order valence-electron chi connectivity index (χ1n) is 7.90. The molecule has 0 bridgehead atoms. The largest absolute Gasteiger partial charge is 0.493 e. The van der Waals surface area contributed by atoms with Crippen molar-refractivity contribution in [3.05, 3.63) is 53.5 Å². The fourth-order valence-electron chi connectivity index (χ4n) is 2.06. The van der Waals surface area contributed by atoms with E-state index in [1.807, 2.05) is 36.2 Å². The van der Waals surface area contributed by atoms with Crippen LogP contribution in [0.25, 0.3) is 5.57 Å². The molecular formula is C18H25ClN2OS. The maximum atomic E-state index is 5.97. The number of hydrogen-bond donors (Lipinski definition) is 1. The smallest absolute Gasteiger partial charge is 0.138 e. The van der Waals surface area contributed by atoms with Gasteiger partial charge in [-0.25, -0.2) is 4.98 Å². The Bertz CT molecular complexity index is 584. The van der Waals surface area contributed by atoms with E-state index >= 15 is 0 Å². The Balaban J connectivity index is 0.00000264. The first-order valence-corrected chi connectivity index (χ1v) is 8.95. The second kappa shape index (κ2) is 11.2. The average molecular weight is 353 g/mol. The molecule has 1 aromatic heterocycles. The lowest BCUT2D eigenvalue weighted by molar-refractivity contribution is 0.308. The molecule has 2 rings (SSSR count). The third-order valence-electron chi connectivity index (χ3n) is 3.21. The van der Waals surface area contributed by atoms with Gasteiger partial charge in [-0.3, -0.25) is 0 Å². The van der Waals surface area contributed by atoms with E-state index in [1.54, 1.807) is 6.20 Å². The Morgan fingerprint density at radius 2 is 2.09 bits per heavy atom. The highest BCUT2D eigenvalue weighted by Crippen LogP contribution is 2.31. The molecule has 23 heavy (non-hydrogen) atoms. The molecule has 0 unspecified atom stereocenters. The van der Waals surface area contributed by atoms with Crippen LogP contribution in [0.5, 0.6) is 5.75 Å². The molecule has 2 aromatic rings. The molecule has 0 atom stereocenters. The predicted octanol–water partition coefficient (Wildman–Crippen LogP) is 5.54. The van der Waals surface area contributed by atoms with Gasteiger partial charge in [-0.2, -0.15) is 0 Å². The topological polar surface area (TPSA) is 37.9 Å². The van der Waals surface area contributed by atoms with Gasteiger partial charge in [-0.1, -0.05) is 38.5 Å². The summed E-state index contributed by atoms with van der Waals surface area (Å²) < 4.78 is 5.97. The fraction of sp³-hybridized carbons (Fsp3) is 0.389. The van der Waals surface area contributed by atoms with Crippen molar-refractivity contribution in [3.8, 4) is 5.75 Å². The van der Waals surface area contributed by atoms with Gasteiger partial charge in [-0.05, 0) is 30.1 Å². The molecule has 1 aromatic carbocycles. The molecule has 1 heterocycles. The van der Waals surface area contributed by atoms with Crippen LogP contribution in [0.3, 0.4) is 0 Å². The number of hydrogen-bond acceptors (Lipinski definition) is 3. The Morgan fingerprint density at radius 1 is 1.26 bits per heavy atom. The molecule has 1 N–H and O–H groups in total. The van der Waals surface area contributed by atoms with Gasteiger partial charge in [0.25, 0.3) is 0 Å². The van der Waals surface area contributed by atoms with Gasteiger partial charge < -0.3 is 9.72 Å². The highest BCUT2D eigenvalue weighted by Gasteiger charge is 2.12. The SMILES string of the molecule is CCCCOc1ccccc1C(=CSCCC)c1ncc[nH]1.Cl. The number of unbranched alkanes of at least 4 members (excludes halogenated alkanes) is 1. The van der Waals surface area contributed by atoms with Crippen LogP contribution >= 0.6 is 24.2 Å². The van der Waals surface area contributed by atoms with Crippen LogP contribution in [0, 0.1) is 0 Å². The van der Waals surface area contributed by atoms with E-state index in [0.717, 1.165) is 54.3 Å². The minimum atomic E-state index is 0. The molecule has 0 aliphatic heterocycles. The molecule has 0 aliphatic carbocycles.